The highest BCUT2D eigenvalue weighted by atomic mass is 19.1. The van der Waals surface area contributed by atoms with Crippen LogP contribution in [-0.4, -0.2) is 37.8 Å². The maximum atomic E-state index is 14.3. The van der Waals surface area contributed by atoms with Gasteiger partial charge in [0.05, 0.1) is 29.9 Å². The molecule has 0 aliphatic carbocycles. The van der Waals surface area contributed by atoms with Crippen LogP contribution >= 0.6 is 0 Å². The summed E-state index contributed by atoms with van der Waals surface area (Å²) < 4.78 is 25.1. The number of nitro benzene ring substituents is 1. The van der Waals surface area contributed by atoms with Gasteiger partial charge in [0.15, 0.2) is 11.6 Å². The SMILES string of the molecule is COc1cc(N2CC[C@@H]3OCCC[C@@H]3C2)c(F)cc1[N+](=O)[O-]. The lowest BCUT2D eigenvalue weighted by molar-refractivity contribution is -0.385. The highest BCUT2D eigenvalue weighted by Gasteiger charge is 2.33. The van der Waals surface area contributed by atoms with Crippen molar-refractivity contribution in [2.24, 2.45) is 5.92 Å². The molecular formula is C15H19FN2O4. The standard InChI is InChI=1S/C15H19FN2O4/c1-21-15-8-12(11(16)7-13(15)18(19)20)17-5-4-14-10(9-17)3-2-6-22-14/h7-8,10,14H,2-6,9H2,1H3/t10-,14+/m1/s1. The van der Waals surface area contributed by atoms with Crippen LogP contribution in [0.5, 0.6) is 5.75 Å². The number of methoxy groups -OCH3 is 1. The minimum absolute atomic E-state index is 0.0865. The molecular weight excluding hydrogens is 291 g/mol. The third kappa shape index (κ3) is 2.72. The molecule has 0 saturated carbocycles. The van der Waals surface area contributed by atoms with E-state index in [1.165, 1.54) is 13.2 Å². The Bertz CT molecular complexity index is 581. The number of nitrogens with zero attached hydrogens (tertiary/aromatic N) is 2. The molecule has 0 amide bonds. The first kappa shape index (κ1) is 15.0. The van der Waals surface area contributed by atoms with Crippen LogP contribution in [0.15, 0.2) is 12.1 Å². The first-order valence-electron chi connectivity index (χ1n) is 7.48. The van der Waals surface area contributed by atoms with Crippen molar-refractivity contribution in [2.75, 3.05) is 31.7 Å². The van der Waals surface area contributed by atoms with Crippen molar-refractivity contribution in [3.8, 4) is 5.75 Å². The zero-order valence-electron chi connectivity index (χ0n) is 12.5. The van der Waals surface area contributed by atoms with Crippen LogP contribution in [-0.2, 0) is 4.74 Å². The highest BCUT2D eigenvalue weighted by Crippen LogP contribution is 2.37. The van der Waals surface area contributed by atoms with Gasteiger partial charge in [-0.1, -0.05) is 0 Å². The van der Waals surface area contributed by atoms with Gasteiger partial charge in [-0.2, -0.15) is 0 Å². The van der Waals surface area contributed by atoms with Crippen molar-refractivity contribution >= 4 is 11.4 Å². The minimum atomic E-state index is -0.632. The van der Waals surface area contributed by atoms with E-state index in [4.69, 9.17) is 9.47 Å². The van der Waals surface area contributed by atoms with Crippen molar-refractivity contribution < 1.29 is 18.8 Å². The Morgan fingerprint density at radius 3 is 3.00 bits per heavy atom. The normalized spacial score (nSPS) is 24.7. The fraction of sp³-hybridized carbons (Fsp3) is 0.600. The molecule has 2 saturated heterocycles. The lowest BCUT2D eigenvalue weighted by Crippen LogP contribution is -2.46. The van der Waals surface area contributed by atoms with Crippen LogP contribution < -0.4 is 9.64 Å². The summed E-state index contributed by atoms with van der Waals surface area (Å²) in [5.41, 5.74) is 0.0195. The van der Waals surface area contributed by atoms with Crippen molar-refractivity contribution in [3.63, 3.8) is 0 Å². The third-order valence-electron chi connectivity index (χ3n) is 4.50. The maximum Gasteiger partial charge on any atom is 0.313 e. The van der Waals surface area contributed by atoms with Crippen LogP contribution in [0.3, 0.4) is 0 Å². The molecule has 0 spiro atoms. The summed E-state index contributed by atoms with van der Waals surface area (Å²) in [6.07, 6.45) is 3.21. The fourth-order valence-electron chi connectivity index (χ4n) is 3.39. The molecule has 0 radical (unpaired) electrons. The Kier molecular flexibility index (Phi) is 4.15. The van der Waals surface area contributed by atoms with E-state index in [0.717, 1.165) is 31.9 Å². The summed E-state index contributed by atoms with van der Waals surface area (Å²) in [5, 5.41) is 10.9. The van der Waals surface area contributed by atoms with E-state index >= 15 is 0 Å². The summed E-state index contributed by atoms with van der Waals surface area (Å²) in [6.45, 7) is 2.20. The molecule has 6 nitrogen and oxygen atoms in total. The molecule has 0 N–H and O–H groups in total. The number of rotatable bonds is 3. The number of hydrogen-bond donors (Lipinski definition) is 0. The van der Waals surface area contributed by atoms with Gasteiger partial charge in [-0.05, 0) is 19.3 Å². The highest BCUT2D eigenvalue weighted by molar-refractivity contribution is 5.60. The lowest BCUT2D eigenvalue weighted by atomic mass is 9.88. The second-order valence-corrected chi connectivity index (χ2v) is 5.78. The first-order valence-corrected chi connectivity index (χ1v) is 7.48. The Morgan fingerprint density at radius 2 is 2.27 bits per heavy atom. The Balaban J connectivity index is 1.86. The smallest absolute Gasteiger partial charge is 0.313 e. The largest absolute Gasteiger partial charge is 0.490 e. The molecule has 2 aliphatic heterocycles. The molecule has 2 heterocycles. The van der Waals surface area contributed by atoms with Gasteiger partial charge in [-0.3, -0.25) is 10.1 Å². The van der Waals surface area contributed by atoms with Crippen molar-refractivity contribution in [3.05, 3.63) is 28.1 Å². The Morgan fingerprint density at radius 1 is 1.45 bits per heavy atom. The summed E-state index contributed by atoms with van der Waals surface area (Å²) in [5.74, 6) is -0.103. The van der Waals surface area contributed by atoms with Gasteiger partial charge in [0.1, 0.15) is 0 Å². The fourth-order valence-corrected chi connectivity index (χ4v) is 3.39. The molecule has 0 bridgehead atoms. The van der Waals surface area contributed by atoms with Gasteiger partial charge in [0.2, 0.25) is 0 Å². The van der Waals surface area contributed by atoms with Crippen LogP contribution in [0.4, 0.5) is 15.8 Å². The number of benzene rings is 1. The molecule has 1 aromatic rings. The number of fused-ring (bicyclic) bond motifs is 1. The van der Waals surface area contributed by atoms with Crippen LogP contribution in [0.1, 0.15) is 19.3 Å². The summed E-state index contributed by atoms with van der Waals surface area (Å²) >= 11 is 0. The van der Waals surface area contributed by atoms with Crippen LogP contribution in [0.25, 0.3) is 0 Å². The first-order chi connectivity index (χ1) is 10.6. The monoisotopic (exact) mass is 310 g/mol. The van der Waals surface area contributed by atoms with Gasteiger partial charge in [-0.15, -0.1) is 0 Å². The third-order valence-corrected chi connectivity index (χ3v) is 4.50. The molecule has 2 atom stereocenters. The van der Waals surface area contributed by atoms with E-state index in [-0.39, 0.29) is 17.5 Å². The van der Waals surface area contributed by atoms with Crippen molar-refractivity contribution in [2.45, 2.75) is 25.4 Å². The summed E-state index contributed by atoms with van der Waals surface area (Å²) in [6, 6.07) is 2.37. The Hall–Kier alpha value is -1.89. The predicted octanol–water partition coefficient (Wildman–Crippen LogP) is 2.75. The van der Waals surface area contributed by atoms with Crippen molar-refractivity contribution in [1.29, 1.82) is 0 Å². The quantitative estimate of drug-likeness (QED) is 0.634. The van der Waals surface area contributed by atoms with Gasteiger partial charge >= 0.3 is 5.69 Å². The van der Waals surface area contributed by atoms with E-state index in [1.54, 1.807) is 0 Å². The molecule has 1 aromatic carbocycles. The van der Waals surface area contributed by atoms with E-state index in [0.29, 0.717) is 24.7 Å². The lowest BCUT2D eigenvalue weighted by Gasteiger charge is -2.42. The molecule has 22 heavy (non-hydrogen) atoms. The second-order valence-electron chi connectivity index (χ2n) is 5.78. The maximum absolute atomic E-state index is 14.3. The topological polar surface area (TPSA) is 64.8 Å². The van der Waals surface area contributed by atoms with E-state index in [2.05, 4.69) is 0 Å². The number of piperidine rings is 1. The van der Waals surface area contributed by atoms with Crippen LogP contribution in [0.2, 0.25) is 0 Å². The summed E-state index contributed by atoms with van der Waals surface area (Å²) in [4.78, 5) is 12.2. The van der Waals surface area contributed by atoms with Crippen molar-refractivity contribution in [1.82, 2.24) is 0 Å². The number of anilines is 1. The molecule has 0 unspecified atom stereocenters. The Labute approximate surface area is 128 Å². The number of halogens is 1. The van der Waals surface area contributed by atoms with E-state index < -0.39 is 10.7 Å². The number of nitro groups is 1. The molecule has 3 rings (SSSR count). The van der Waals surface area contributed by atoms with Crippen LogP contribution in [0, 0.1) is 21.8 Å². The zero-order valence-corrected chi connectivity index (χ0v) is 12.5. The average Bonchev–Trinajstić information content (AvgIpc) is 2.54. The molecule has 120 valence electrons. The average molecular weight is 310 g/mol. The number of ether oxygens (including phenoxy) is 2. The predicted molar refractivity (Wildman–Crippen MR) is 78.9 cm³/mol. The van der Waals surface area contributed by atoms with Gasteiger partial charge in [0.25, 0.3) is 0 Å². The molecule has 7 heteroatoms. The second kappa shape index (κ2) is 6.08. The minimum Gasteiger partial charge on any atom is -0.490 e. The molecule has 0 aromatic heterocycles. The zero-order chi connectivity index (χ0) is 15.7. The van der Waals surface area contributed by atoms with Gasteiger partial charge in [-0.25, -0.2) is 4.39 Å². The van der Waals surface area contributed by atoms with Gasteiger partial charge < -0.3 is 14.4 Å². The van der Waals surface area contributed by atoms with Gasteiger partial charge in [0, 0.05) is 31.7 Å². The summed E-state index contributed by atoms with van der Waals surface area (Å²) in [7, 11) is 1.35. The van der Waals surface area contributed by atoms with E-state index in [9.17, 15) is 14.5 Å². The number of hydrogen-bond acceptors (Lipinski definition) is 5. The van der Waals surface area contributed by atoms with E-state index in [1.807, 2.05) is 4.90 Å². The molecule has 2 fully saturated rings. The molecule has 2 aliphatic rings.